The van der Waals surface area contributed by atoms with Crippen molar-refractivity contribution in [2.24, 2.45) is 0 Å². The molecule has 0 fully saturated rings. The van der Waals surface area contributed by atoms with Gasteiger partial charge in [-0.3, -0.25) is 4.57 Å². The molecule has 12 aromatic carbocycles. The van der Waals surface area contributed by atoms with Crippen LogP contribution >= 0.6 is 0 Å². The lowest BCUT2D eigenvalue weighted by atomic mass is 9.92. The highest BCUT2D eigenvalue weighted by molar-refractivity contribution is 6.12. The Morgan fingerprint density at radius 1 is 0.232 bits per heavy atom. The molecule has 3 heterocycles. The number of aromatic nitrogens is 5. The van der Waals surface area contributed by atoms with E-state index in [-0.39, 0.29) is 0 Å². The molecule has 0 amide bonds. The fraction of sp³-hybridized carbons (Fsp3) is 0.0260. The molecule has 0 saturated heterocycles. The average molecular weight is 1050 g/mol. The third kappa shape index (κ3) is 8.73. The van der Waals surface area contributed by atoms with Gasteiger partial charge in [0.05, 0.1) is 27.8 Å². The van der Waals surface area contributed by atoms with Crippen molar-refractivity contribution < 1.29 is 0 Å². The lowest BCUT2D eigenvalue weighted by molar-refractivity contribution is 0.951. The molecule has 0 radical (unpaired) electrons. The Morgan fingerprint density at radius 2 is 0.561 bits per heavy atom. The molecule has 0 atom stereocenters. The summed E-state index contributed by atoms with van der Waals surface area (Å²) in [4.78, 5) is 16.5. The van der Waals surface area contributed by atoms with Crippen LogP contribution in [0.4, 0.5) is 0 Å². The first-order chi connectivity index (χ1) is 40.4. The number of benzene rings is 12. The molecule has 0 aliphatic heterocycles. The molecular weight excluding hydrogens is 995 g/mol. The van der Waals surface area contributed by atoms with Gasteiger partial charge >= 0.3 is 0 Å². The van der Waals surface area contributed by atoms with Crippen LogP contribution in [0.1, 0.15) is 11.1 Å². The molecule has 3 aromatic heterocycles. The second-order valence-electron chi connectivity index (χ2n) is 21.4. The van der Waals surface area contributed by atoms with E-state index in [0.717, 1.165) is 94.2 Å². The molecule has 15 rings (SSSR count). The van der Waals surface area contributed by atoms with Gasteiger partial charge in [0.15, 0.2) is 11.6 Å². The predicted octanol–water partition coefficient (Wildman–Crippen LogP) is 20.0. The van der Waals surface area contributed by atoms with Gasteiger partial charge in [-0.15, -0.1) is 0 Å². The molecule has 0 aliphatic rings. The molecule has 15 aromatic rings. The Hall–Kier alpha value is -10.8. The van der Waals surface area contributed by atoms with E-state index in [1.165, 1.54) is 44.2 Å². The van der Waals surface area contributed by atoms with Crippen molar-refractivity contribution in [2.75, 3.05) is 0 Å². The standard InChI is InChI=1S/C77H53N5/c1-50-32-36-71-66(40-50)67-41-51(2)33-37-72(67)81(71)70-31-19-18-30-65(70)76-78-75(56-28-16-7-17-29-56)79-77(80-76)82-73-38-34-57(63-44-59(52-20-8-3-9-21-52)42-60(45-63)53-22-10-4-11-23-53)48-68(73)69-49-58(35-39-74(69)82)64-46-61(54-24-12-5-13-25-54)43-62(47-64)55-26-14-6-15-27-55/h3-49H,1-2H3. The van der Waals surface area contributed by atoms with Crippen LogP contribution in [-0.4, -0.2) is 24.1 Å². The first-order valence-corrected chi connectivity index (χ1v) is 28.0. The topological polar surface area (TPSA) is 48.5 Å². The van der Waals surface area contributed by atoms with E-state index in [9.17, 15) is 0 Å². The zero-order valence-corrected chi connectivity index (χ0v) is 45.4. The summed E-state index contributed by atoms with van der Waals surface area (Å²) >= 11 is 0. The van der Waals surface area contributed by atoms with Crippen LogP contribution in [0.3, 0.4) is 0 Å². The van der Waals surface area contributed by atoms with Gasteiger partial charge in [-0.25, -0.2) is 4.98 Å². The fourth-order valence-corrected chi connectivity index (χ4v) is 12.0. The first-order valence-electron chi connectivity index (χ1n) is 28.0. The van der Waals surface area contributed by atoms with E-state index in [1.807, 2.05) is 18.2 Å². The average Bonchev–Trinajstić information content (AvgIpc) is 3.58. The number of nitrogens with zero attached hydrogens (tertiary/aromatic N) is 5. The lowest BCUT2D eigenvalue weighted by Gasteiger charge is -2.15. The highest BCUT2D eigenvalue weighted by Gasteiger charge is 2.23. The van der Waals surface area contributed by atoms with E-state index in [1.54, 1.807) is 0 Å². The number of aryl methyl sites for hydroxylation is 2. The first kappa shape index (κ1) is 48.4. The maximum absolute atomic E-state index is 5.60. The normalized spacial score (nSPS) is 11.5. The second kappa shape index (κ2) is 20.2. The summed E-state index contributed by atoms with van der Waals surface area (Å²) in [5.41, 5.74) is 23.2. The van der Waals surface area contributed by atoms with E-state index in [0.29, 0.717) is 17.6 Å². The lowest BCUT2D eigenvalue weighted by Crippen LogP contribution is -2.07. The number of hydrogen-bond acceptors (Lipinski definition) is 3. The molecule has 0 saturated carbocycles. The maximum atomic E-state index is 5.60. The molecular formula is C77H53N5. The molecule has 5 heteroatoms. The molecule has 82 heavy (non-hydrogen) atoms. The van der Waals surface area contributed by atoms with E-state index in [4.69, 9.17) is 15.0 Å². The summed E-state index contributed by atoms with van der Waals surface area (Å²) in [6.07, 6.45) is 0. The van der Waals surface area contributed by atoms with Gasteiger partial charge in [-0.2, -0.15) is 9.97 Å². The predicted molar refractivity (Wildman–Crippen MR) is 341 cm³/mol. The number of para-hydroxylation sites is 1. The van der Waals surface area contributed by atoms with Crippen LogP contribution in [0, 0.1) is 13.8 Å². The van der Waals surface area contributed by atoms with Gasteiger partial charge in [-0.1, -0.05) is 199 Å². The number of hydrogen-bond donors (Lipinski definition) is 0. The number of rotatable bonds is 10. The molecule has 0 aliphatic carbocycles. The van der Waals surface area contributed by atoms with Crippen molar-refractivity contribution in [3.8, 4) is 101 Å². The Balaban J connectivity index is 0.984. The summed E-state index contributed by atoms with van der Waals surface area (Å²) in [5.74, 6) is 1.70. The van der Waals surface area contributed by atoms with E-state index in [2.05, 4.69) is 290 Å². The van der Waals surface area contributed by atoms with Crippen molar-refractivity contribution in [3.05, 3.63) is 296 Å². The monoisotopic (exact) mass is 1050 g/mol. The Morgan fingerprint density at radius 3 is 0.988 bits per heavy atom. The highest BCUT2D eigenvalue weighted by atomic mass is 15.2. The maximum Gasteiger partial charge on any atom is 0.238 e. The molecule has 386 valence electrons. The van der Waals surface area contributed by atoms with Gasteiger partial charge in [0.25, 0.3) is 0 Å². The molecule has 0 N–H and O–H groups in total. The second-order valence-corrected chi connectivity index (χ2v) is 21.4. The summed E-state index contributed by atoms with van der Waals surface area (Å²) in [6, 6.07) is 103. The third-order valence-corrected chi connectivity index (χ3v) is 16.0. The van der Waals surface area contributed by atoms with E-state index < -0.39 is 0 Å². The van der Waals surface area contributed by atoms with Crippen LogP contribution in [0.15, 0.2) is 285 Å². The SMILES string of the molecule is Cc1ccc2c(c1)c1cc(C)ccc1n2-c1ccccc1-c1nc(-c2ccccc2)nc(-n2c3ccc(-c4cc(-c5ccccc5)cc(-c5ccccc5)c4)cc3c3cc(-c4cc(-c5ccccc5)cc(-c5ccccc5)c4)ccc32)n1. The zero-order valence-electron chi connectivity index (χ0n) is 45.4. The van der Waals surface area contributed by atoms with Crippen molar-refractivity contribution in [1.29, 1.82) is 0 Å². The molecule has 0 spiro atoms. The van der Waals surface area contributed by atoms with Crippen LogP contribution in [0.5, 0.6) is 0 Å². The van der Waals surface area contributed by atoms with Gasteiger partial charge in [0, 0.05) is 32.7 Å². The van der Waals surface area contributed by atoms with Crippen LogP contribution < -0.4 is 0 Å². The van der Waals surface area contributed by atoms with Gasteiger partial charge in [-0.05, 0) is 178 Å². The van der Waals surface area contributed by atoms with Gasteiger partial charge in [0.2, 0.25) is 5.95 Å². The van der Waals surface area contributed by atoms with Gasteiger partial charge in [0.1, 0.15) is 0 Å². The van der Waals surface area contributed by atoms with E-state index >= 15 is 0 Å². The largest absolute Gasteiger partial charge is 0.309 e. The summed E-state index contributed by atoms with van der Waals surface area (Å²) in [5, 5.41) is 4.60. The Labute approximate surface area is 476 Å². The molecule has 5 nitrogen and oxygen atoms in total. The summed E-state index contributed by atoms with van der Waals surface area (Å²) < 4.78 is 4.62. The minimum Gasteiger partial charge on any atom is -0.309 e. The van der Waals surface area contributed by atoms with Crippen molar-refractivity contribution in [1.82, 2.24) is 24.1 Å². The van der Waals surface area contributed by atoms with Crippen molar-refractivity contribution in [3.63, 3.8) is 0 Å². The van der Waals surface area contributed by atoms with Crippen molar-refractivity contribution in [2.45, 2.75) is 13.8 Å². The third-order valence-electron chi connectivity index (χ3n) is 16.0. The van der Waals surface area contributed by atoms with Gasteiger partial charge < -0.3 is 4.57 Å². The zero-order chi connectivity index (χ0) is 54.7. The Bertz CT molecular complexity index is 4550. The molecule has 0 unspecified atom stereocenters. The summed E-state index contributed by atoms with van der Waals surface area (Å²) in [7, 11) is 0. The molecule has 0 bridgehead atoms. The fourth-order valence-electron chi connectivity index (χ4n) is 12.0. The number of fused-ring (bicyclic) bond motifs is 6. The Kier molecular flexibility index (Phi) is 11.9. The highest BCUT2D eigenvalue weighted by Crippen LogP contribution is 2.42. The minimum atomic E-state index is 0.530. The quantitative estimate of drug-likeness (QED) is 0.137. The van der Waals surface area contributed by atoms with Crippen molar-refractivity contribution >= 4 is 43.6 Å². The van der Waals surface area contributed by atoms with Crippen LogP contribution in [0.25, 0.3) is 145 Å². The smallest absolute Gasteiger partial charge is 0.238 e. The minimum absolute atomic E-state index is 0.530. The van der Waals surface area contributed by atoms with Crippen LogP contribution in [-0.2, 0) is 0 Å². The summed E-state index contributed by atoms with van der Waals surface area (Å²) in [6.45, 7) is 4.33. The van der Waals surface area contributed by atoms with Crippen LogP contribution in [0.2, 0.25) is 0 Å².